The molecule has 22 heavy (non-hydrogen) atoms. The first kappa shape index (κ1) is 21.6. The Labute approximate surface area is 125 Å². The summed E-state index contributed by atoms with van der Waals surface area (Å²) < 4.78 is 101. The molecule has 0 heterocycles. The van der Waals surface area contributed by atoms with Crippen molar-refractivity contribution in [3.63, 3.8) is 0 Å². The van der Waals surface area contributed by atoms with Crippen molar-refractivity contribution in [1.29, 1.82) is 0 Å². The smallest absolute Gasteiger partial charge is 0.395 e. The molecule has 0 rings (SSSR count). The van der Waals surface area contributed by atoms with Crippen LogP contribution in [0.3, 0.4) is 0 Å². The van der Waals surface area contributed by atoms with E-state index in [0.717, 1.165) is 0 Å². The highest BCUT2D eigenvalue weighted by Crippen LogP contribution is 2.47. The molecule has 11 heteroatoms. The summed E-state index contributed by atoms with van der Waals surface area (Å²) in [7, 11) is -2.70. The van der Waals surface area contributed by atoms with Gasteiger partial charge in [0.05, 0.1) is 6.61 Å². The van der Waals surface area contributed by atoms with E-state index in [9.17, 15) is 30.7 Å². The number of ether oxygens (including phenoxy) is 1. The van der Waals surface area contributed by atoms with Crippen molar-refractivity contribution in [3.8, 4) is 0 Å². The van der Waals surface area contributed by atoms with Gasteiger partial charge in [-0.15, -0.1) is 0 Å². The molecule has 0 aliphatic rings. The van der Waals surface area contributed by atoms with Gasteiger partial charge in [0.1, 0.15) is 0 Å². The van der Waals surface area contributed by atoms with E-state index in [1.807, 2.05) is 0 Å². The lowest BCUT2D eigenvalue weighted by atomic mass is 10.3. The molecule has 3 nitrogen and oxygen atoms in total. The lowest BCUT2D eigenvalue weighted by Gasteiger charge is -2.30. The largest absolute Gasteiger partial charge is 0.458 e. The Kier molecular flexibility index (Phi) is 7.79. The molecule has 0 saturated heterocycles. The topological polar surface area (TPSA) is 27.7 Å². The number of rotatable bonds is 9. The first-order chi connectivity index (χ1) is 9.83. The lowest BCUT2D eigenvalue weighted by molar-refractivity contribution is -0.429. The highest BCUT2D eigenvalue weighted by Gasteiger charge is 2.74. The molecule has 0 saturated carbocycles. The van der Waals surface area contributed by atoms with Crippen molar-refractivity contribution in [2.75, 3.05) is 19.8 Å². The van der Waals surface area contributed by atoms with Gasteiger partial charge >= 0.3 is 26.8 Å². The summed E-state index contributed by atoms with van der Waals surface area (Å²) in [5.41, 5.74) is 0. The van der Waals surface area contributed by atoms with Crippen LogP contribution < -0.4 is 0 Å². The first-order valence-electron chi connectivity index (χ1n) is 6.57. The highest BCUT2D eigenvalue weighted by atomic mass is 28.4. The van der Waals surface area contributed by atoms with Gasteiger partial charge in [-0.2, -0.15) is 30.7 Å². The Morgan fingerprint density at radius 2 is 1.23 bits per heavy atom. The SMILES string of the molecule is CCO[Si](C)(CCCOC(F)(C(F)(F)F)C(F)(F)F)OCC. The average Bonchev–Trinajstić information content (AvgIpc) is 2.32. The third-order valence-electron chi connectivity index (χ3n) is 2.70. The second-order valence-corrected chi connectivity index (χ2v) is 7.89. The number of alkyl halides is 7. The Hall–Kier alpha value is -0.393. The van der Waals surface area contributed by atoms with Crippen LogP contribution in [0.2, 0.25) is 12.6 Å². The second kappa shape index (κ2) is 7.93. The summed E-state index contributed by atoms with van der Waals surface area (Å²) in [6.07, 6.45) is -12.7. The molecule has 0 aromatic rings. The summed E-state index contributed by atoms with van der Waals surface area (Å²) >= 11 is 0. The minimum atomic E-state index is -6.20. The average molecular weight is 360 g/mol. The van der Waals surface area contributed by atoms with Crippen LogP contribution in [-0.2, 0) is 13.6 Å². The van der Waals surface area contributed by atoms with Crippen LogP contribution >= 0.6 is 0 Å². The zero-order chi connectivity index (χ0) is 17.7. The van der Waals surface area contributed by atoms with Crippen LogP contribution in [0.5, 0.6) is 0 Å². The van der Waals surface area contributed by atoms with Crippen molar-refractivity contribution in [2.24, 2.45) is 0 Å². The molecular formula is C11H19F7O3Si. The van der Waals surface area contributed by atoms with E-state index in [0.29, 0.717) is 13.2 Å². The summed E-state index contributed by atoms with van der Waals surface area (Å²) in [4.78, 5) is 0. The Bertz CT molecular complexity index is 313. The Morgan fingerprint density at radius 1 is 0.818 bits per heavy atom. The highest BCUT2D eigenvalue weighted by molar-refractivity contribution is 6.66. The van der Waals surface area contributed by atoms with Gasteiger partial charge in [-0.05, 0) is 32.9 Å². The van der Waals surface area contributed by atoms with E-state index in [1.165, 1.54) is 0 Å². The van der Waals surface area contributed by atoms with Gasteiger partial charge in [-0.1, -0.05) is 0 Å². The fourth-order valence-corrected chi connectivity index (χ4v) is 4.11. The third kappa shape index (κ3) is 5.67. The molecule has 0 amide bonds. The normalized spacial score (nSPS) is 14.5. The predicted octanol–water partition coefficient (Wildman–Crippen LogP) is 4.33. The van der Waals surface area contributed by atoms with Gasteiger partial charge in [0, 0.05) is 13.2 Å². The summed E-state index contributed by atoms with van der Waals surface area (Å²) in [5.74, 6) is -5.67. The fraction of sp³-hybridized carbons (Fsp3) is 1.00. The minimum Gasteiger partial charge on any atom is -0.395 e. The molecule has 0 aliphatic heterocycles. The minimum absolute atomic E-state index is 0.0838. The van der Waals surface area contributed by atoms with Crippen LogP contribution in [-0.4, -0.2) is 46.6 Å². The fourth-order valence-electron chi connectivity index (χ4n) is 1.73. The molecule has 0 aliphatic carbocycles. The molecule has 0 unspecified atom stereocenters. The molecular weight excluding hydrogens is 341 g/mol. The van der Waals surface area contributed by atoms with Crippen LogP contribution in [0, 0.1) is 0 Å². The van der Waals surface area contributed by atoms with E-state index in [4.69, 9.17) is 8.85 Å². The first-order valence-corrected chi connectivity index (χ1v) is 9.09. The third-order valence-corrected chi connectivity index (χ3v) is 5.77. The van der Waals surface area contributed by atoms with Crippen molar-refractivity contribution in [1.82, 2.24) is 0 Å². The molecule has 0 N–H and O–H groups in total. The van der Waals surface area contributed by atoms with E-state index in [1.54, 1.807) is 20.4 Å². The number of halogens is 7. The maximum absolute atomic E-state index is 13.2. The van der Waals surface area contributed by atoms with Crippen molar-refractivity contribution < 1.29 is 44.3 Å². The van der Waals surface area contributed by atoms with Crippen LogP contribution in [0.1, 0.15) is 20.3 Å². The van der Waals surface area contributed by atoms with Gasteiger partial charge in [-0.3, -0.25) is 0 Å². The lowest BCUT2D eigenvalue weighted by Crippen LogP contribution is -2.55. The summed E-state index contributed by atoms with van der Waals surface area (Å²) in [6.45, 7) is 4.51. The second-order valence-electron chi connectivity index (χ2n) is 4.54. The Morgan fingerprint density at radius 3 is 1.55 bits per heavy atom. The van der Waals surface area contributed by atoms with Crippen molar-refractivity contribution in [2.45, 2.75) is 51.1 Å². The van der Waals surface area contributed by atoms with Crippen LogP contribution in [0.15, 0.2) is 0 Å². The molecule has 0 bridgehead atoms. The van der Waals surface area contributed by atoms with Gasteiger partial charge in [0.15, 0.2) is 0 Å². The zero-order valence-corrected chi connectivity index (χ0v) is 13.4. The molecule has 134 valence electrons. The van der Waals surface area contributed by atoms with E-state index < -0.39 is 33.4 Å². The van der Waals surface area contributed by atoms with Gasteiger partial charge in [0.25, 0.3) is 0 Å². The number of hydrogen-bond donors (Lipinski definition) is 0. The summed E-state index contributed by atoms with van der Waals surface area (Å²) in [6, 6.07) is 0.0838. The summed E-state index contributed by atoms with van der Waals surface area (Å²) in [5, 5.41) is 0. The Balaban J connectivity index is 4.66. The molecule has 0 fully saturated rings. The van der Waals surface area contributed by atoms with Gasteiger partial charge in [-0.25, -0.2) is 0 Å². The predicted molar refractivity (Wildman–Crippen MR) is 66.2 cm³/mol. The number of hydrogen-bond acceptors (Lipinski definition) is 3. The van der Waals surface area contributed by atoms with Gasteiger partial charge in [0.2, 0.25) is 0 Å². The van der Waals surface area contributed by atoms with Crippen LogP contribution in [0.4, 0.5) is 30.7 Å². The van der Waals surface area contributed by atoms with E-state index in [-0.39, 0.29) is 12.5 Å². The van der Waals surface area contributed by atoms with Crippen LogP contribution in [0.25, 0.3) is 0 Å². The molecule has 0 aromatic heterocycles. The molecule has 0 aromatic carbocycles. The molecule has 0 radical (unpaired) electrons. The maximum Gasteiger partial charge on any atom is 0.458 e. The molecule has 0 spiro atoms. The van der Waals surface area contributed by atoms with Crippen molar-refractivity contribution >= 4 is 8.56 Å². The maximum atomic E-state index is 13.2. The zero-order valence-electron chi connectivity index (χ0n) is 12.4. The quantitative estimate of drug-likeness (QED) is 0.348. The monoisotopic (exact) mass is 360 g/mol. The van der Waals surface area contributed by atoms with E-state index in [2.05, 4.69) is 4.74 Å². The van der Waals surface area contributed by atoms with Crippen molar-refractivity contribution in [3.05, 3.63) is 0 Å². The molecule has 0 atom stereocenters. The van der Waals surface area contributed by atoms with E-state index >= 15 is 0 Å². The standard InChI is InChI=1S/C11H19F7O3Si/c1-4-20-22(3,21-5-2)8-6-7-19-9(12,10(13,14)15)11(16,17)18/h4-8H2,1-3H3. The van der Waals surface area contributed by atoms with Gasteiger partial charge < -0.3 is 13.6 Å².